The topological polar surface area (TPSA) is 92.8 Å². The number of carbonyl (C=O) groups excluding carboxylic acids is 2. The zero-order valence-corrected chi connectivity index (χ0v) is 23.3. The molecule has 1 aliphatic heterocycles. The molecule has 4 aromatic rings. The second-order valence-electron chi connectivity index (χ2n) is 12.0. The van der Waals surface area contributed by atoms with Gasteiger partial charge < -0.3 is 24.5 Å². The standard InChI is InChI=1S/C32H31ClN2O5/c1-31(2)39-17-32(40-31)13-23(14-32)35-15-26(24-8-6-19(11-27(24)35)18-3-4-18)28(36)16-38-29-12-20-5-7-22(33)9-21(20)10-25(29)30(34)37/h5-12,15,18,23H,3-4,13-14,16-17H2,1-2H3,(H2,34,37). The molecule has 40 heavy (non-hydrogen) atoms. The van der Waals surface area contributed by atoms with Crippen molar-refractivity contribution in [3.05, 3.63) is 76.4 Å². The highest BCUT2D eigenvalue weighted by atomic mass is 35.5. The monoisotopic (exact) mass is 558 g/mol. The Morgan fingerprint density at radius 2 is 1.85 bits per heavy atom. The van der Waals surface area contributed by atoms with E-state index >= 15 is 0 Å². The van der Waals surface area contributed by atoms with E-state index in [-0.39, 0.29) is 35.3 Å². The van der Waals surface area contributed by atoms with Crippen LogP contribution in [0.5, 0.6) is 5.75 Å². The molecule has 3 aromatic carbocycles. The van der Waals surface area contributed by atoms with E-state index in [1.54, 1.807) is 24.3 Å². The van der Waals surface area contributed by atoms with Gasteiger partial charge in [0.25, 0.3) is 5.91 Å². The van der Waals surface area contributed by atoms with E-state index < -0.39 is 11.7 Å². The van der Waals surface area contributed by atoms with Crippen molar-refractivity contribution in [2.75, 3.05) is 13.2 Å². The average molecular weight is 559 g/mol. The predicted octanol–water partition coefficient (Wildman–Crippen LogP) is 6.54. The molecule has 2 heterocycles. The Hall–Kier alpha value is -3.39. The van der Waals surface area contributed by atoms with Gasteiger partial charge in [-0.3, -0.25) is 9.59 Å². The Bertz CT molecular complexity index is 1700. The van der Waals surface area contributed by atoms with Gasteiger partial charge in [-0.1, -0.05) is 29.8 Å². The number of ketones is 1. The molecule has 2 aliphatic carbocycles. The van der Waals surface area contributed by atoms with Gasteiger partial charge in [-0.2, -0.15) is 0 Å². The lowest BCUT2D eigenvalue weighted by molar-refractivity contribution is -0.185. The minimum Gasteiger partial charge on any atom is -0.485 e. The first-order valence-corrected chi connectivity index (χ1v) is 14.2. The Morgan fingerprint density at radius 3 is 2.55 bits per heavy atom. The summed E-state index contributed by atoms with van der Waals surface area (Å²) in [6.07, 6.45) is 6.04. The molecule has 0 atom stereocenters. The maximum atomic E-state index is 13.6. The number of fused-ring (bicyclic) bond motifs is 2. The first kappa shape index (κ1) is 25.6. The summed E-state index contributed by atoms with van der Waals surface area (Å²) in [5.74, 6) is -0.485. The second kappa shape index (κ2) is 9.06. The van der Waals surface area contributed by atoms with Crippen molar-refractivity contribution in [1.29, 1.82) is 0 Å². The molecule has 7 rings (SSSR count). The van der Waals surface area contributed by atoms with Crippen LogP contribution in [-0.2, 0) is 9.47 Å². The fraction of sp³-hybridized carbons (Fsp3) is 0.375. The third kappa shape index (κ3) is 4.46. The SMILES string of the molecule is CC1(C)OCC2(CC(n3cc(C(=O)COc4cc5ccc(Cl)cc5cc4C(N)=O)c4ccc(C5CC5)cc43)C2)O1. The second-order valence-corrected chi connectivity index (χ2v) is 12.4. The summed E-state index contributed by atoms with van der Waals surface area (Å²) in [5.41, 5.74) is 8.57. The van der Waals surface area contributed by atoms with E-state index in [9.17, 15) is 9.59 Å². The summed E-state index contributed by atoms with van der Waals surface area (Å²) in [7, 11) is 0. The highest BCUT2D eigenvalue weighted by molar-refractivity contribution is 6.31. The van der Waals surface area contributed by atoms with Crippen LogP contribution in [0.25, 0.3) is 21.7 Å². The van der Waals surface area contributed by atoms with Gasteiger partial charge in [0, 0.05) is 33.7 Å². The summed E-state index contributed by atoms with van der Waals surface area (Å²) in [4.78, 5) is 25.8. The van der Waals surface area contributed by atoms with E-state index in [0.717, 1.165) is 34.5 Å². The molecule has 3 fully saturated rings. The van der Waals surface area contributed by atoms with E-state index in [2.05, 4.69) is 22.8 Å². The summed E-state index contributed by atoms with van der Waals surface area (Å²) in [6.45, 7) is 4.27. The maximum Gasteiger partial charge on any atom is 0.252 e. The highest BCUT2D eigenvalue weighted by Gasteiger charge is 2.54. The number of aromatic nitrogens is 1. The zero-order chi connectivity index (χ0) is 27.8. The molecule has 0 unspecified atom stereocenters. The van der Waals surface area contributed by atoms with Gasteiger partial charge >= 0.3 is 0 Å². The Balaban J connectivity index is 1.18. The van der Waals surface area contributed by atoms with Crippen molar-refractivity contribution >= 4 is 45.0 Å². The summed E-state index contributed by atoms with van der Waals surface area (Å²) in [6, 6.07) is 15.4. The summed E-state index contributed by atoms with van der Waals surface area (Å²) >= 11 is 6.12. The molecule has 206 valence electrons. The van der Waals surface area contributed by atoms with Crippen LogP contribution in [0.4, 0.5) is 0 Å². The van der Waals surface area contributed by atoms with Crippen LogP contribution in [0.15, 0.2) is 54.7 Å². The molecule has 2 saturated carbocycles. The molecule has 7 nitrogen and oxygen atoms in total. The molecule has 0 radical (unpaired) electrons. The number of Topliss-reactive ketones (excluding diaryl/α,β-unsaturated/α-hetero) is 1. The minimum absolute atomic E-state index is 0.162. The molecule has 1 saturated heterocycles. The number of nitrogens with two attached hydrogens (primary N) is 1. The lowest BCUT2D eigenvalue weighted by atomic mass is 9.76. The highest BCUT2D eigenvalue weighted by Crippen LogP contribution is 2.51. The molecule has 0 bridgehead atoms. The smallest absolute Gasteiger partial charge is 0.252 e. The quantitative estimate of drug-likeness (QED) is 0.260. The number of rotatable bonds is 7. The number of ether oxygens (including phenoxy) is 3. The molecular formula is C32H31ClN2O5. The van der Waals surface area contributed by atoms with Crippen molar-refractivity contribution in [2.24, 2.45) is 5.73 Å². The molecule has 1 amide bonds. The number of hydrogen-bond donors (Lipinski definition) is 1. The molecule has 8 heteroatoms. The molecular weight excluding hydrogens is 528 g/mol. The van der Waals surface area contributed by atoms with Crippen LogP contribution >= 0.6 is 11.6 Å². The van der Waals surface area contributed by atoms with Crippen molar-refractivity contribution in [1.82, 2.24) is 4.57 Å². The van der Waals surface area contributed by atoms with Crippen LogP contribution in [0.3, 0.4) is 0 Å². The van der Waals surface area contributed by atoms with Crippen LogP contribution in [0.1, 0.15) is 77.8 Å². The molecule has 2 N–H and O–H groups in total. The minimum atomic E-state index is -0.631. The summed E-state index contributed by atoms with van der Waals surface area (Å²) in [5, 5.41) is 3.07. The first-order valence-electron chi connectivity index (χ1n) is 13.8. The molecule has 1 aromatic heterocycles. The van der Waals surface area contributed by atoms with Crippen LogP contribution in [-0.4, -0.2) is 40.9 Å². The lowest BCUT2D eigenvalue weighted by Crippen LogP contribution is -2.47. The largest absolute Gasteiger partial charge is 0.485 e. The summed E-state index contributed by atoms with van der Waals surface area (Å²) < 4.78 is 20.3. The predicted molar refractivity (Wildman–Crippen MR) is 153 cm³/mol. The maximum absolute atomic E-state index is 13.6. The zero-order valence-electron chi connectivity index (χ0n) is 22.5. The number of primary amides is 1. The van der Waals surface area contributed by atoms with Crippen LogP contribution in [0, 0.1) is 0 Å². The van der Waals surface area contributed by atoms with Gasteiger partial charge in [0.15, 0.2) is 12.4 Å². The lowest BCUT2D eigenvalue weighted by Gasteiger charge is -2.44. The number of benzene rings is 3. The molecule has 3 aliphatic rings. The van der Waals surface area contributed by atoms with Gasteiger partial charge in [-0.15, -0.1) is 0 Å². The Morgan fingerprint density at radius 1 is 1.05 bits per heavy atom. The molecule has 1 spiro atoms. The van der Waals surface area contributed by atoms with E-state index in [1.807, 2.05) is 26.1 Å². The normalized spacial score (nSPS) is 23.5. The van der Waals surface area contributed by atoms with Gasteiger partial charge in [-0.05, 0) is 92.1 Å². The first-order chi connectivity index (χ1) is 19.1. The van der Waals surface area contributed by atoms with Crippen LogP contribution < -0.4 is 10.5 Å². The van der Waals surface area contributed by atoms with Crippen molar-refractivity contribution < 1.29 is 23.8 Å². The number of nitrogens with zero attached hydrogens (tertiary/aromatic N) is 1. The van der Waals surface area contributed by atoms with Crippen molar-refractivity contribution in [2.45, 2.75) is 62.9 Å². The fourth-order valence-electron chi connectivity index (χ4n) is 6.33. The third-order valence-electron chi connectivity index (χ3n) is 8.49. The number of hydrogen-bond acceptors (Lipinski definition) is 5. The number of amides is 1. The Kier molecular flexibility index (Phi) is 5.79. The Labute approximate surface area is 237 Å². The van der Waals surface area contributed by atoms with Gasteiger partial charge in [0.2, 0.25) is 5.78 Å². The van der Waals surface area contributed by atoms with Gasteiger partial charge in [-0.25, -0.2) is 0 Å². The average Bonchev–Trinajstić information content (AvgIpc) is 3.60. The van der Waals surface area contributed by atoms with E-state index in [4.69, 9.17) is 31.5 Å². The third-order valence-corrected chi connectivity index (χ3v) is 8.72. The van der Waals surface area contributed by atoms with Crippen molar-refractivity contribution in [3.8, 4) is 5.75 Å². The fourth-order valence-corrected chi connectivity index (χ4v) is 6.51. The van der Waals surface area contributed by atoms with Crippen molar-refractivity contribution in [3.63, 3.8) is 0 Å². The van der Waals surface area contributed by atoms with Crippen LogP contribution in [0.2, 0.25) is 5.02 Å². The number of halogens is 1. The van der Waals surface area contributed by atoms with E-state index in [0.29, 0.717) is 23.1 Å². The number of carbonyl (C=O) groups is 2. The van der Waals surface area contributed by atoms with Gasteiger partial charge in [0.05, 0.1) is 17.8 Å². The van der Waals surface area contributed by atoms with Gasteiger partial charge in [0.1, 0.15) is 5.75 Å². The van der Waals surface area contributed by atoms with E-state index in [1.165, 1.54) is 18.4 Å².